The summed E-state index contributed by atoms with van der Waals surface area (Å²) in [5.41, 5.74) is 1.33. The molecule has 2 heterocycles. The van der Waals surface area contributed by atoms with E-state index in [1.165, 1.54) is 19.4 Å². The molecular weight excluding hydrogens is 540 g/mol. The quantitative estimate of drug-likeness (QED) is 0.238. The van der Waals surface area contributed by atoms with E-state index in [0.717, 1.165) is 21.2 Å². The summed E-state index contributed by atoms with van der Waals surface area (Å²) in [5, 5.41) is 4.41. The van der Waals surface area contributed by atoms with Crippen molar-refractivity contribution in [1.29, 1.82) is 0 Å². The Morgan fingerprint density at radius 3 is 2.62 bits per heavy atom. The van der Waals surface area contributed by atoms with Gasteiger partial charge in [-0.3, -0.25) is 19.8 Å². The van der Waals surface area contributed by atoms with Crippen molar-refractivity contribution in [2.75, 3.05) is 7.11 Å². The first-order valence-electron chi connectivity index (χ1n) is 11.3. The monoisotopic (exact) mass is 560 g/mol. The lowest BCUT2D eigenvalue weighted by Gasteiger charge is -2.25. The Morgan fingerprint density at radius 2 is 1.84 bits per heavy atom. The van der Waals surface area contributed by atoms with Crippen LogP contribution in [0.5, 0.6) is 11.5 Å². The molecule has 1 N–H and O–H groups in total. The van der Waals surface area contributed by atoms with Crippen molar-refractivity contribution < 1.29 is 28.3 Å². The Bertz CT molecular complexity index is 1540. The van der Waals surface area contributed by atoms with E-state index in [-0.39, 0.29) is 12.1 Å². The number of amides is 4. The van der Waals surface area contributed by atoms with Crippen molar-refractivity contribution in [2.24, 2.45) is 0 Å². The number of imide groups is 2. The number of urea groups is 1. The zero-order valence-electron chi connectivity index (χ0n) is 19.7. The normalized spacial score (nSPS) is 14.8. The number of carbonyl (C=O) groups excluding carboxylic acids is 3. The average molecular weight is 561 g/mol. The number of nitrogens with zero attached hydrogens (tertiary/aromatic N) is 1. The number of furan rings is 1. The number of nitrogens with one attached hydrogen (secondary N) is 1. The van der Waals surface area contributed by atoms with Gasteiger partial charge in [0.15, 0.2) is 11.5 Å². The second kappa shape index (κ2) is 10.3. The van der Waals surface area contributed by atoms with Crippen molar-refractivity contribution in [3.63, 3.8) is 0 Å². The molecule has 1 fully saturated rings. The van der Waals surface area contributed by atoms with Crippen LogP contribution in [0, 0.1) is 0 Å². The Morgan fingerprint density at radius 1 is 1.03 bits per heavy atom. The van der Waals surface area contributed by atoms with Crippen LogP contribution in [0.15, 0.2) is 87.5 Å². The van der Waals surface area contributed by atoms with E-state index in [9.17, 15) is 14.4 Å². The maximum absolute atomic E-state index is 13.0. The minimum atomic E-state index is -0.806. The van der Waals surface area contributed by atoms with Gasteiger partial charge in [0, 0.05) is 0 Å². The molecule has 8 nitrogen and oxygen atoms in total. The van der Waals surface area contributed by atoms with E-state index in [0.29, 0.717) is 33.9 Å². The predicted molar refractivity (Wildman–Crippen MR) is 140 cm³/mol. The number of methoxy groups -OCH3 is 1. The molecule has 1 aromatic heterocycles. The number of ether oxygens (including phenoxy) is 2. The first-order chi connectivity index (χ1) is 17.9. The summed E-state index contributed by atoms with van der Waals surface area (Å²) < 4.78 is 17.5. The number of barbiturate groups is 1. The van der Waals surface area contributed by atoms with Gasteiger partial charge in [-0.25, -0.2) is 4.79 Å². The van der Waals surface area contributed by atoms with Gasteiger partial charge >= 0.3 is 6.03 Å². The van der Waals surface area contributed by atoms with Gasteiger partial charge in [-0.1, -0.05) is 42.5 Å². The standard InChI is InChI=1S/C28H21BrN2O6/c1-35-24-14-17(12-22-26(32)30-28(34)31(27(22)33)15-20-9-5-11-36-20)13-23(29)25(24)37-16-19-8-4-7-18-6-2-3-10-21(18)19/h2-14H,15-16H2,1H3,(H,30,32,34)/b22-12-. The van der Waals surface area contributed by atoms with Gasteiger partial charge in [-0.2, -0.15) is 0 Å². The molecule has 0 bridgehead atoms. The van der Waals surface area contributed by atoms with Crippen molar-refractivity contribution in [3.05, 3.63) is 99.9 Å². The van der Waals surface area contributed by atoms with Gasteiger partial charge in [-0.15, -0.1) is 0 Å². The van der Waals surface area contributed by atoms with Crippen LogP contribution in [-0.4, -0.2) is 29.9 Å². The molecular formula is C28H21BrN2O6. The molecule has 0 saturated carbocycles. The van der Waals surface area contributed by atoms with E-state index < -0.39 is 17.8 Å². The smallest absolute Gasteiger partial charge is 0.331 e. The molecule has 9 heteroatoms. The Hall–Kier alpha value is -4.37. The molecule has 0 aliphatic carbocycles. The molecule has 1 aliphatic heterocycles. The van der Waals surface area contributed by atoms with E-state index in [2.05, 4.69) is 21.2 Å². The summed E-state index contributed by atoms with van der Waals surface area (Å²) in [6.07, 6.45) is 2.85. The van der Waals surface area contributed by atoms with Crippen LogP contribution < -0.4 is 14.8 Å². The molecule has 37 heavy (non-hydrogen) atoms. The minimum absolute atomic E-state index is 0.101. The van der Waals surface area contributed by atoms with Gasteiger partial charge < -0.3 is 13.9 Å². The van der Waals surface area contributed by atoms with Crippen LogP contribution in [0.25, 0.3) is 16.8 Å². The highest BCUT2D eigenvalue weighted by Gasteiger charge is 2.36. The zero-order valence-corrected chi connectivity index (χ0v) is 21.3. The molecule has 4 amide bonds. The Balaban J connectivity index is 1.41. The second-order valence-electron chi connectivity index (χ2n) is 8.25. The number of hydrogen-bond acceptors (Lipinski definition) is 6. The van der Waals surface area contributed by atoms with Crippen molar-refractivity contribution in [3.8, 4) is 11.5 Å². The largest absolute Gasteiger partial charge is 0.493 e. The van der Waals surface area contributed by atoms with Crippen LogP contribution >= 0.6 is 15.9 Å². The summed E-state index contributed by atoms with van der Waals surface area (Å²) in [5.74, 6) is -0.205. The molecule has 5 rings (SSSR count). The number of carbonyl (C=O) groups is 3. The summed E-state index contributed by atoms with van der Waals surface area (Å²) in [6, 6.07) is 19.9. The first kappa shape index (κ1) is 24.3. The maximum atomic E-state index is 13.0. The molecule has 0 radical (unpaired) electrons. The molecule has 186 valence electrons. The highest BCUT2D eigenvalue weighted by atomic mass is 79.9. The molecule has 0 atom stereocenters. The fraction of sp³-hybridized carbons (Fsp3) is 0.107. The summed E-state index contributed by atoms with van der Waals surface area (Å²) in [7, 11) is 1.51. The Labute approximate surface area is 220 Å². The van der Waals surface area contributed by atoms with Crippen molar-refractivity contribution in [2.45, 2.75) is 13.2 Å². The first-order valence-corrected chi connectivity index (χ1v) is 12.1. The maximum Gasteiger partial charge on any atom is 0.331 e. The number of rotatable bonds is 7. The molecule has 0 unspecified atom stereocenters. The van der Waals surface area contributed by atoms with Gasteiger partial charge in [-0.05, 0) is 68.2 Å². The van der Waals surface area contributed by atoms with Crippen LogP contribution in [0.1, 0.15) is 16.9 Å². The third kappa shape index (κ3) is 4.99. The number of benzene rings is 3. The predicted octanol–water partition coefficient (Wildman–Crippen LogP) is 5.44. The second-order valence-corrected chi connectivity index (χ2v) is 9.10. The summed E-state index contributed by atoms with van der Waals surface area (Å²) in [6.45, 7) is 0.206. The third-order valence-electron chi connectivity index (χ3n) is 5.89. The van der Waals surface area contributed by atoms with Crippen LogP contribution in [0.4, 0.5) is 4.79 Å². The lowest BCUT2D eigenvalue weighted by Crippen LogP contribution is -2.53. The fourth-order valence-electron chi connectivity index (χ4n) is 4.09. The number of fused-ring (bicyclic) bond motifs is 1. The van der Waals surface area contributed by atoms with Crippen molar-refractivity contribution in [1.82, 2.24) is 10.2 Å². The van der Waals surface area contributed by atoms with Crippen LogP contribution in [-0.2, 0) is 22.7 Å². The minimum Gasteiger partial charge on any atom is -0.493 e. The van der Waals surface area contributed by atoms with E-state index >= 15 is 0 Å². The summed E-state index contributed by atoms with van der Waals surface area (Å²) >= 11 is 3.52. The number of halogens is 1. The third-order valence-corrected chi connectivity index (χ3v) is 6.48. The summed E-state index contributed by atoms with van der Waals surface area (Å²) in [4.78, 5) is 38.7. The zero-order chi connectivity index (χ0) is 25.9. The van der Waals surface area contributed by atoms with E-state index in [1.54, 1.807) is 24.3 Å². The van der Waals surface area contributed by atoms with E-state index in [1.807, 2.05) is 42.5 Å². The van der Waals surface area contributed by atoms with Gasteiger partial charge in [0.1, 0.15) is 17.9 Å². The fourth-order valence-corrected chi connectivity index (χ4v) is 4.67. The van der Waals surface area contributed by atoms with Crippen LogP contribution in [0.3, 0.4) is 0 Å². The van der Waals surface area contributed by atoms with Gasteiger partial charge in [0.05, 0.1) is 24.4 Å². The van der Waals surface area contributed by atoms with Gasteiger partial charge in [0.25, 0.3) is 11.8 Å². The van der Waals surface area contributed by atoms with Crippen molar-refractivity contribution >= 4 is 50.6 Å². The topological polar surface area (TPSA) is 98.1 Å². The molecule has 1 saturated heterocycles. The Kier molecular flexibility index (Phi) is 6.78. The SMILES string of the molecule is COc1cc(/C=C2/C(=O)NC(=O)N(Cc3ccco3)C2=O)cc(Br)c1OCc1cccc2ccccc12. The lowest BCUT2D eigenvalue weighted by molar-refractivity contribution is -0.130. The molecule has 1 aliphatic rings. The number of hydrogen-bond donors (Lipinski definition) is 1. The molecule has 4 aromatic rings. The lowest BCUT2D eigenvalue weighted by atomic mass is 10.1. The van der Waals surface area contributed by atoms with Crippen LogP contribution in [0.2, 0.25) is 0 Å². The highest BCUT2D eigenvalue weighted by molar-refractivity contribution is 9.10. The van der Waals surface area contributed by atoms with E-state index in [4.69, 9.17) is 13.9 Å². The highest BCUT2D eigenvalue weighted by Crippen LogP contribution is 2.38. The van der Waals surface area contributed by atoms with Gasteiger partial charge in [0.2, 0.25) is 0 Å². The molecule has 0 spiro atoms. The molecule has 3 aromatic carbocycles. The average Bonchev–Trinajstić information content (AvgIpc) is 3.41.